The van der Waals surface area contributed by atoms with Crippen LogP contribution in [0.3, 0.4) is 0 Å². The van der Waals surface area contributed by atoms with Gasteiger partial charge in [0, 0.05) is 30.7 Å². The van der Waals surface area contributed by atoms with Crippen molar-refractivity contribution in [1.29, 1.82) is 5.26 Å². The van der Waals surface area contributed by atoms with E-state index in [1.165, 1.54) is 0 Å². The Kier molecular flexibility index (Phi) is 7.12. The Bertz CT molecular complexity index is 1350. The van der Waals surface area contributed by atoms with Crippen LogP contribution in [0.1, 0.15) is 57.1 Å². The van der Waals surface area contributed by atoms with Gasteiger partial charge in [-0.05, 0) is 50.7 Å². The van der Waals surface area contributed by atoms with Crippen molar-refractivity contribution in [3.63, 3.8) is 0 Å². The van der Waals surface area contributed by atoms with Crippen LogP contribution in [0.15, 0.2) is 18.3 Å². The van der Waals surface area contributed by atoms with Crippen LogP contribution in [0, 0.1) is 16.7 Å². The number of nitrogens with one attached hydrogen (secondary N) is 2. The number of nitrogens with two attached hydrogens (primary N) is 1. The van der Waals surface area contributed by atoms with E-state index in [0.29, 0.717) is 70.4 Å². The first-order valence-corrected chi connectivity index (χ1v) is 13.1. The number of hydrogen-bond acceptors (Lipinski definition) is 8. The molecule has 2 aromatic heterocycles. The number of nitriles is 1. The zero-order valence-corrected chi connectivity index (χ0v) is 21.9. The lowest BCUT2D eigenvalue weighted by molar-refractivity contribution is -0.128. The lowest BCUT2D eigenvalue weighted by Gasteiger charge is -2.35. The Labute approximate surface area is 224 Å². The van der Waals surface area contributed by atoms with Crippen LogP contribution < -0.4 is 16.4 Å². The monoisotopic (exact) mass is 542 g/mol. The molecule has 3 aromatic rings. The van der Waals surface area contributed by atoms with Gasteiger partial charge in [0.1, 0.15) is 5.52 Å². The number of carbonyl (C=O) groups is 1. The zero-order chi connectivity index (χ0) is 26.2. The van der Waals surface area contributed by atoms with E-state index in [0.717, 1.165) is 25.7 Å². The quantitative estimate of drug-likeness (QED) is 0.396. The zero-order valence-electron chi connectivity index (χ0n) is 20.4. The van der Waals surface area contributed by atoms with Gasteiger partial charge in [0.05, 0.1) is 33.6 Å². The molecule has 1 aliphatic carbocycles. The maximum absolute atomic E-state index is 12.1. The van der Waals surface area contributed by atoms with Crippen molar-refractivity contribution in [3.8, 4) is 6.07 Å². The minimum Gasteiger partial charge on any atom is -0.381 e. The summed E-state index contributed by atoms with van der Waals surface area (Å²) in [5.41, 5.74) is 7.25. The number of hydrogen-bond donors (Lipinski definition) is 3. The van der Waals surface area contributed by atoms with Gasteiger partial charge in [0.25, 0.3) is 0 Å². The molecule has 0 spiro atoms. The molecule has 1 amide bonds. The van der Waals surface area contributed by atoms with E-state index in [-0.39, 0.29) is 18.0 Å². The van der Waals surface area contributed by atoms with E-state index in [2.05, 4.69) is 21.7 Å². The lowest BCUT2D eigenvalue weighted by atomic mass is 9.73. The second-order valence-electron chi connectivity index (χ2n) is 9.95. The van der Waals surface area contributed by atoms with Gasteiger partial charge in [0.15, 0.2) is 5.65 Å². The summed E-state index contributed by atoms with van der Waals surface area (Å²) in [4.78, 5) is 26.2. The highest BCUT2D eigenvalue weighted by Gasteiger charge is 2.37. The van der Waals surface area contributed by atoms with Gasteiger partial charge >= 0.3 is 0 Å². The number of halogens is 2. The Morgan fingerprint density at radius 1 is 1.19 bits per heavy atom. The van der Waals surface area contributed by atoms with Crippen molar-refractivity contribution < 1.29 is 9.53 Å². The molecule has 0 unspecified atom stereocenters. The predicted octanol–water partition coefficient (Wildman–Crippen LogP) is 4.95. The molecule has 12 heteroatoms. The van der Waals surface area contributed by atoms with Crippen LogP contribution in [0.2, 0.25) is 10.0 Å². The second-order valence-corrected chi connectivity index (χ2v) is 10.8. The molecule has 4 N–H and O–H groups in total. The Morgan fingerprint density at radius 3 is 2.49 bits per heavy atom. The summed E-state index contributed by atoms with van der Waals surface area (Å²) in [6.07, 6.45) is 6.23. The number of carbonyl (C=O) groups excluding carboxylic acids is 1. The van der Waals surface area contributed by atoms with Crippen LogP contribution in [-0.4, -0.2) is 44.7 Å². The van der Waals surface area contributed by atoms with Crippen LogP contribution in [0.5, 0.6) is 0 Å². The second kappa shape index (κ2) is 10.3. The molecule has 194 valence electrons. The molecule has 2 aliphatic rings. The number of nitrogens with zero attached hydrogens (tertiary/aromatic N) is 5. The van der Waals surface area contributed by atoms with Crippen molar-refractivity contribution in [2.75, 3.05) is 23.8 Å². The number of aromatic nitrogens is 4. The standard InChI is InChI=1S/C25H28Cl2N8O2/c1-25(22(29)36)6-2-16(3-7-25)35-21-19(13-30-23(34-21)31-15-4-8-37-9-5-15)32-24(35)33-20-17(26)10-14(12-28)11-18(20)27/h10-11,13,15-16H,2-9H2,1H3,(H2,29,36)(H,32,33)(H,30,31,34)/t16-,25-. The van der Waals surface area contributed by atoms with E-state index in [9.17, 15) is 10.1 Å². The van der Waals surface area contributed by atoms with E-state index in [1.54, 1.807) is 18.3 Å². The molecule has 1 aliphatic heterocycles. The minimum atomic E-state index is -0.537. The summed E-state index contributed by atoms with van der Waals surface area (Å²) in [7, 11) is 0. The van der Waals surface area contributed by atoms with Crippen LogP contribution in [-0.2, 0) is 9.53 Å². The number of imidazole rings is 1. The van der Waals surface area contributed by atoms with E-state index in [1.807, 2.05) is 11.5 Å². The van der Waals surface area contributed by atoms with Gasteiger partial charge in [-0.1, -0.05) is 30.1 Å². The van der Waals surface area contributed by atoms with Crippen molar-refractivity contribution in [1.82, 2.24) is 19.5 Å². The molecule has 5 rings (SSSR count). The normalized spacial score (nSPS) is 22.5. The average molecular weight is 543 g/mol. The number of amides is 1. The van der Waals surface area contributed by atoms with Gasteiger partial charge in [-0.15, -0.1) is 0 Å². The molecule has 0 bridgehead atoms. The largest absolute Gasteiger partial charge is 0.381 e. The van der Waals surface area contributed by atoms with Crippen molar-refractivity contribution in [2.24, 2.45) is 11.1 Å². The molecule has 37 heavy (non-hydrogen) atoms. The maximum atomic E-state index is 12.1. The maximum Gasteiger partial charge on any atom is 0.224 e. The fourth-order valence-electron chi connectivity index (χ4n) is 5.03. The fraction of sp³-hybridized carbons (Fsp3) is 0.480. The van der Waals surface area contributed by atoms with Crippen molar-refractivity contribution in [2.45, 2.75) is 57.5 Å². The molecular weight excluding hydrogens is 515 g/mol. The van der Waals surface area contributed by atoms with Crippen molar-refractivity contribution >= 4 is 57.9 Å². The average Bonchev–Trinajstić information content (AvgIpc) is 3.24. The first-order valence-electron chi connectivity index (χ1n) is 12.3. The third kappa shape index (κ3) is 5.17. The number of primary amides is 1. The summed E-state index contributed by atoms with van der Waals surface area (Å²) in [6, 6.07) is 5.41. The van der Waals surface area contributed by atoms with Gasteiger partial charge in [-0.2, -0.15) is 10.2 Å². The number of ether oxygens (including phenoxy) is 1. The summed E-state index contributed by atoms with van der Waals surface area (Å²) in [5, 5.41) is 16.5. The van der Waals surface area contributed by atoms with Crippen molar-refractivity contribution in [3.05, 3.63) is 33.9 Å². The lowest BCUT2D eigenvalue weighted by Crippen LogP contribution is -2.38. The molecule has 10 nitrogen and oxygen atoms in total. The van der Waals surface area contributed by atoms with E-state index >= 15 is 0 Å². The highest BCUT2D eigenvalue weighted by Crippen LogP contribution is 2.43. The molecule has 0 radical (unpaired) electrons. The Morgan fingerprint density at radius 2 is 1.86 bits per heavy atom. The predicted molar refractivity (Wildman–Crippen MR) is 142 cm³/mol. The summed E-state index contributed by atoms with van der Waals surface area (Å²) in [6.45, 7) is 3.34. The third-order valence-corrected chi connectivity index (χ3v) is 8.01. The SMILES string of the molecule is C[C@]1(C(N)=O)CC[C@H](n2c(Nc3c(Cl)cc(C#N)cc3Cl)nc3cnc(NC4CCOCC4)nc32)CC1. The molecule has 3 heterocycles. The van der Waals surface area contributed by atoms with E-state index < -0.39 is 5.41 Å². The third-order valence-electron chi connectivity index (χ3n) is 7.41. The van der Waals surface area contributed by atoms with Crippen LogP contribution in [0.25, 0.3) is 11.2 Å². The topological polar surface area (TPSA) is 144 Å². The molecule has 1 aromatic carbocycles. The number of fused-ring (bicyclic) bond motifs is 1. The van der Waals surface area contributed by atoms with Gasteiger partial charge in [0.2, 0.25) is 17.8 Å². The summed E-state index contributed by atoms with van der Waals surface area (Å²) in [5.74, 6) is 0.759. The summed E-state index contributed by atoms with van der Waals surface area (Å²) < 4.78 is 7.50. The number of benzene rings is 1. The molecule has 1 saturated carbocycles. The van der Waals surface area contributed by atoms with Gasteiger partial charge < -0.3 is 21.1 Å². The van der Waals surface area contributed by atoms with E-state index in [4.69, 9.17) is 43.6 Å². The van der Waals surface area contributed by atoms with Crippen LogP contribution >= 0.6 is 23.2 Å². The van der Waals surface area contributed by atoms with Gasteiger partial charge in [-0.3, -0.25) is 9.36 Å². The fourth-order valence-corrected chi connectivity index (χ4v) is 5.61. The highest BCUT2D eigenvalue weighted by molar-refractivity contribution is 6.39. The number of anilines is 3. The van der Waals surface area contributed by atoms with Crippen LogP contribution in [0.4, 0.5) is 17.6 Å². The summed E-state index contributed by atoms with van der Waals surface area (Å²) >= 11 is 12.9. The number of rotatable bonds is 6. The molecule has 1 saturated heterocycles. The first-order chi connectivity index (χ1) is 17.8. The molecule has 0 atom stereocenters. The molecule has 2 fully saturated rings. The Balaban J connectivity index is 1.54. The first kappa shape index (κ1) is 25.5. The Hall–Kier alpha value is -3.13. The molecular formula is C25H28Cl2N8O2. The smallest absolute Gasteiger partial charge is 0.224 e. The van der Waals surface area contributed by atoms with Gasteiger partial charge in [-0.25, -0.2) is 9.97 Å². The highest BCUT2D eigenvalue weighted by atomic mass is 35.5. The minimum absolute atomic E-state index is 0.0155.